The molecule has 41 heavy (non-hydrogen) atoms. The summed E-state index contributed by atoms with van der Waals surface area (Å²) in [5.41, 5.74) is 0.432. The molecule has 2 aromatic heterocycles. The zero-order valence-corrected chi connectivity index (χ0v) is 22.2. The molecule has 2 N–H and O–H groups in total. The minimum Gasteiger partial charge on any atom is -0.437 e. The Morgan fingerprint density at radius 3 is 2.29 bits per heavy atom. The Labute approximate surface area is 232 Å². The third-order valence-electron chi connectivity index (χ3n) is 6.03. The summed E-state index contributed by atoms with van der Waals surface area (Å²) in [7, 11) is 3.14. The lowest BCUT2D eigenvalue weighted by molar-refractivity contribution is -0.134. The Morgan fingerprint density at radius 2 is 1.76 bits per heavy atom. The number of nitriles is 1. The number of alkyl halides is 3. The van der Waals surface area contributed by atoms with Gasteiger partial charge in [0.1, 0.15) is 17.4 Å². The molecule has 2 heterocycles. The number of nitrogens with zero attached hydrogens (tertiary/aromatic N) is 2. The number of carbonyl (C=O) groups excluding carboxylic acids is 2. The molecule has 1 atom stereocenters. The summed E-state index contributed by atoms with van der Waals surface area (Å²) in [6.07, 6.45) is -5.89. The van der Waals surface area contributed by atoms with Gasteiger partial charge in [0, 0.05) is 24.6 Å². The Bertz CT molecular complexity index is 1590. The number of fused-ring (bicyclic) bond motifs is 1. The molecule has 0 aliphatic heterocycles. The Balaban J connectivity index is 0.000000696. The van der Waals surface area contributed by atoms with Crippen LogP contribution in [0, 0.1) is 23.0 Å². The molecule has 214 valence electrons. The summed E-state index contributed by atoms with van der Waals surface area (Å²) >= 11 is 0. The van der Waals surface area contributed by atoms with Crippen LogP contribution in [0.1, 0.15) is 39.8 Å². The van der Waals surface area contributed by atoms with Crippen LogP contribution in [-0.2, 0) is 6.42 Å². The van der Waals surface area contributed by atoms with Gasteiger partial charge >= 0.3 is 6.18 Å². The topological polar surface area (TPSA) is 108 Å². The minimum absolute atomic E-state index is 0.00926. The average molecular weight is 573 g/mol. The van der Waals surface area contributed by atoms with E-state index < -0.39 is 36.6 Å². The van der Waals surface area contributed by atoms with E-state index >= 15 is 0 Å². The fraction of sp³-hybridized carbons (Fsp3) is 0.241. The normalized spacial score (nSPS) is 11.8. The monoisotopic (exact) mass is 572 g/mol. The molecule has 0 saturated carbocycles. The van der Waals surface area contributed by atoms with Crippen molar-refractivity contribution in [3.8, 4) is 28.5 Å². The van der Waals surface area contributed by atoms with Gasteiger partial charge in [-0.05, 0) is 68.4 Å². The van der Waals surface area contributed by atoms with Crippen LogP contribution in [0.25, 0.3) is 33.6 Å². The summed E-state index contributed by atoms with van der Waals surface area (Å²) in [5, 5.41) is 13.4. The van der Waals surface area contributed by atoms with E-state index in [1.165, 1.54) is 49.5 Å². The van der Waals surface area contributed by atoms with Gasteiger partial charge in [-0.3, -0.25) is 9.59 Å². The lowest BCUT2D eigenvalue weighted by atomic mass is 9.97. The molecule has 2 aromatic carbocycles. The summed E-state index contributed by atoms with van der Waals surface area (Å²) in [6.45, 7) is 1.81. The van der Waals surface area contributed by atoms with Crippen molar-refractivity contribution in [2.24, 2.45) is 0 Å². The number of aldehydes is 1. The number of carbonyl (C=O) groups is 2. The number of hydrogen-bond donors (Lipinski definition) is 2. The molecule has 12 heteroatoms. The number of hydrogen-bond acceptors (Lipinski definition) is 6. The quantitative estimate of drug-likeness (QED) is 0.201. The second kappa shape index (κ2) is 13.1. The maximum atomic E-state index is 13.9. The van der Waals surface area contributed by atoms with Crippen LogP contribution in [0.15, 0.2) is 52.9 Å². The van der Waals surface area contributed by atoms with Crippen LogP contribution in [0.3, 0.4) is 0 Å². The fourth-order valence-electron chi connectivity index (χ4n) is 3.78. The van der Waals surface area contributed by atoms with Crippen molar-refractivity contribution >= 4 is 23.3 Å². The largest absolute Gasteiger partial charge is 0.437 e. The van der Waals surface area contributed by atoms with E-state index in [0.29, 0.717) is 11.8 Å². The molecule has 0 saturated heterocycles. The number of pyridine rings is 1. The highest BCUT2D eigenvalue weighted by Gasteiger charge is 2.29. The van der Waals surface area contributed by atoms with Gasteiger partial charge in [0.05, 0.1) is 34.3 Å². The van der Waals surface area contributed by atoms with Crippen LogP contribution >= 0.6 is 0 Å². The van der Waals surface area contributed by atoms with Crippen LogP contribution in [-0.4, -0.2) is 43.5 Å². The van der Waals surface area contributed by atoms with Crippen LogP contribution in [0.2, 0.25) is 0 Å². The Hall–Kier alpha value is -4.63. The van der Waals surface area contributed by atoms with E-state index in [4.69, 9.17) is 9.68 Å². The second-order valence-corrected chi connectivity index (χ2v) is 8.84. The third kappa shape index (κ3) is 7.52. The molecule has 0 bridgehead atoms. The number of nitrogens with one attached hydrogen (secondary N) is 2. The standard InChI is InChI=1S/C25H17F5N2O3.C4H8N2/c1-31-23(34)21-18-11-17(14-4-7-19(27)15(10-14)12-33)20(8-9-25(28,29)30)32-24(18)35-22(21)13-2-5-16(26)6-3-13;1-4(3-5)6-2/h2-7,10-12H,8-9H2,1H3,(H,31,34);4,6H,1-2H3. The zero-order valence-electron chi connectivity index (χ0n) is 22.2. The van der Waals surface area contributed by atoms with Gasteiger partial charge < -0.3 is 15.1 Å². The molecule has 1 unspecified atom stereocenters. The summed E-state index contributed by atoms with van der Waals surface area (Å²) in [5.74, 6) is -1.81. The van der Waals surface area contributed by atoms with Crippen LogP contribution in [0.5, 0.6) is 0 Å². The second-order valence-electron chi connectivity index (χ2n) is 8.84. The molecule has 0 spiro atoms. The zero-order chi connectivity index (χ0) is 30.3. The lowest BCUT2D eigenvalue weighted by Crippen LogP contribution is -2.18. The van der Waals surface area contributed by atoms with Gasteiger partial charge in [-0.25, -0.2) is 13.8 Å². The summed E-state index contributed by atoms with van der Waals surface area (Å²) < 4.78 is 72.1. The number of aromatic nitrogens is 1. The van der Waals surface area contributed by atoms with E-state index in [9.17, 15) is 31.5 Å². The molecule has 7 nitrogen and oxygen atoms in total. The first-order valence-electron chi connectivity index (χ1n) is 12.3. The highest BCUT2D eigenvalue weighted by molar-refractivity contribution is 6.11. The molecule has 0 aliphatic carbocycles. The molecule has 4 rings (SSSR count). The van der Waals surface area contributed by atoms with E-state index in [2.05, 4.69) is 15.6 Å². The first kappa shape index (κ1) is 30.9. The van der Waals surface area contributed by atoms with Gasteiger partial charge in [-0.15, -0.1) is 0 Å². The van der Waals surface area contributed by atoms with E-state index in [1.54, 1.807) is 14.0 Å². The fourth-order valence-corrected chi connectivity index (χ4v) is 3.78. The average Bonchev–Trinajstić information content (AvgIpc) is 3.33. The molecule has 1 amide bonds. The molecule has 0 radical (unpaired) electrons. The lowest BCUT2D eigenvalue weighted by Gasteiger charge is -2.12. The Kier molecular flexibility index (Phi) is 9.91. The van der Waals surface area contributed by atoms with Crippen molar-refractivity contribution < 1.29 is 36.0 Å². The maximum absolute atomic E-state index is 13.9. The van der Waals surface area contributed by atoms with Gasteiger partial charge in [-0.1, -0.05) is 6.07 Å². The van der Waals surface area contributed by atoms with Crippen molar-refractivity contribution in [3.63, 3.8) is 0 Å². The third-order valence-corrected chi connectivity index (χ3v) is 6.03. The predicted molar refractivity (Wildman–Crippen MR) is 142 cm³/mol. The van der Waals surface area contributed by atoms with Crippen LogP contribution in [0.4, 0.5) is 22.0 Å². The summed E-state index contributed by atoms with van der Waals surface area (Å²) in [4.78, 5) is 28.3. The van der Waals surface area contributed by atoms with E-state index in [0.717, 1.165) is 6.07 Å². The number of amides is 1. The van der Waals surface area contributed by atoms with Crippen molar-refractivity contribution in [2.75, 3.05) is 14.1 Å². The van der Waals surface area contributed by atoms with Crippen molar-refractivity contribution in [1.29, 1.82) is 5.26 Å². The SMILES string of the molecule is CNC(=O)c1c(-c2ccc(F)cc2)oc2nc(CCC(F)(F)F)c(-c3ccc(F)c(C=O)c3)cc12.CNC(C)C#N. The highest BCUT2D eigenvalue weighted by atomic mass is 19.4. The number of benzene rings is 2. The van der Waals surface area contributed by atoms with Gasteiger partial charge in [0.2, 0.25) is 5.71 Å². The maximum Gasteiger partial charge on any atom is 0.389 e. The molecule has 0 fully saturated rings. The van der Waals surface area contributed by atoms with Crippen molar-refractivity contribution in [1.82, 2.24) is 15.6 Å². The smallest absolute Gasteiger partial charge is 0.389 e. The van der Waals surface area contributed by atoms with Crippen LogP contribution < -0.4 is 10.6 Å². The predicted octanol–water partition coefficient (Wildman–Crippen LogP) is 6.22. The number of halogens is 5. The van der Waals surface area contributed by atoms with Gasteiger partial charge in [0.25, 0.3) is 5.91 Å². The van der Waals surface area contributed by atoms with E-state index in [-0.39, 0.29) is 50.8 Å². The van der Waals surface area contributed by atoms with Crippen molar-refractivity contribution in [3.05, 3.63) is 77.0 Å². The molecular formula is C29H25F5N4O3. The molecule has 0 aliphatic rings. The first-order chi connectivity index (χ1) is 19.4. The summed E-state index contributed by atoms with van der Waals surface area (Å²) in [6, 6.07) is 12.1. The van der Waals surface area contributed by atoms with Gasteiger partial charge in [-0.2, -0.15) is 18.4 Å². The number of furan rings is 1. The highest BCUT2D eigenvalue weighted by Crippen LogP contribution is 2.37. The number of aryl methyl sites for hydroxylation is 1. The molecular weight excluding hydrogens is 547 g/mol. The van der Waals surface area contributed by atoms with Gasteiger partial charge in [0.15, 0.2) is 6.29 Å². The first-order valence-corrected chi connectivity index (χ1v) is 12.3. The Morgan fingerprint density at radius 1 is 1.10 bits per heavy atom. The number of rotatable bonds is 7. The minimum atomic E-state index is -4.47. The molecule has 4 aromatic rings. The van der Waals surface area contributed by atoms with E-state index in [1.807, 2.05) is 6.07 Å². The van der Waals surface area contributed by atoms with Crippen molar-refractivity contribution in [2.45, 2.75) is 32.0 Å².